The van der Waals surface area contributed by atoms with Gasteiger partial charge >= 0.3 is 5.97 Å². The van der Waals surface area contributed by atoms with E-state index in [1.165, 1.54) is 0 Å². The molecule has 0 radical (unpaired) electrons. The first-order valence-corrected chi connectivity index (χ1v) is 5.57. The summed E-state index contributed by atoms with van der Waals surface area (Å²) in [4.78, 5) is 11.1. The maximum atomic E-state index is 11.1. The first-order valence-electron chi connectivity index (χ1n) is 4.78. The molecule has 0 spiro atoms. The third-order valence-corrected chi connectivity index (χ3v) is 2.73. The van der Waals surface area contributed by atoms with Gasteiger partial charge in [0.1, 0.15) is 0 Å². The van der Waals surface area contributed by atoms with E-state index in [1.54, 1.807) is 0 Å². The summed E-state index contributed by atoms with van der Waals surface area (Å²) in [5.41, 5.74) is 0.840. The molecule has 0 saturated heterocycles. The third-order valence-electron chi connectivity index (χ3n) is 2.23. The van der Waals surface area contributed by atoms with Crippen molar-refractivity contribution in [3.8, 4) is 0 Å². The molecule has 0 aliphatic heterocycles. The van der Waals surface area contributed by atoms with Crippen LogP contribution in [0.15, 0.2) is 28.7 Å². The molecule has 0 fully saturated rings. The van der Waals surface area contributed by atoms with E-state index < -0.39 is 11.9 Å². The molecule has 0 aromatic heterocycles. The smallest absolute Gasteiger partial charge is 0.311 e. The van der Waals surface area contributed by atoms with Gasteiger partial charge in [-0.15, -0.1) is 0 Å². The predicted octanol–water partition coefficient (Wildman–Crippen LogP) is 2.23. The summed E-state index contributed by atoms with van der Waals surface area (Å²) >= 11 is 3.34. The number of carboxylic acid groups (broad SMARTS) is 1. The Hall–Kier alpha value is -0.870. The average Bonchev–Trinajstić information content (AvgIpc) is 2.18. The van der Waals surface area contributed by atoms with Crippen LogP contribution < -0.4 is 5.32 Å². The number of halogens is 1. The molecular weight excluding hydrogens is 258 g/mol. The van der Waals surface area contributed by atoms with Crippen LogP contribution in [0.2, 0.25) is 0 Å². The summed E-state index contributed by atoms with van der Waals surface area (Å²) in [6, 6.07) is 7.45. The zero-order chi connectivity index (χ0) is 11.3. The SMILES string of the molecule is CNCCC(C(=O)O)c1cccc(Br)c1. The van der Waals surface area contributed by atoms with Crippen molar-refractivity contribution in [1.82, 2.24) is 5.32 Å². The Bertz CT molecular complexity index is 341. The van der Waals surface area contributed by atoms with Gasteiger partial charge in [-0.3, -0.25) is 4.79 Å². The van der Waals surface area contributed by atoms with Crippen LogP contribution in [-0.2, 0) is 4.79 Å². The highest BCUT2D eigenvalue weighted by Crippen LogP contribution is 2.22. The molecule has 1 rings (SSSR count). The number of carbonyl (C=O) groups is 1. The summed E-state index contributed by atoms with van der Waals surface area (Å²) in [5, 5.41) is 12.1. The van der Waals surface area contributed by atoms with Crippen molar-refractivity contribution in [2.75, 3.05) is 13.6 Å². The van der Waals surface area contributed by atoms with E-state index in [-0.39, 0.29) is 0 Å². The van der Waals surface area contributed by atoms with Crippen LogP contribution in [-0.4, -0.2) is 24.7 Å². The number of rotatable bonds is 5. The number of aliphatic carboxylic acids is 1. The topological polar surface area (TPSA) is 49.3 Å². The van der Waals surface area contributed by atoms with Crippen molar-refractivity contribution in [3.63, 3.8) is 0 Å². The van der Waals surface area contributed by atoms with E-state index in [1.807, 2.05) is 31.3 Å². The fourth-order valence-corrected chi connectivity index (χ4v) is 1.86. The first-order chi connectivity index (χ1) is 7.15. The van der Waals surface area contributed by atoms with Gasteiger partial charge in [-0.2, -0.15) is 0 Å². The Morgan fingerprint density at radius 3 is 2.87 bits per heavy atom. The second-order valence-electron chi connectivity index (χ2n) is 3.34. The van der Waals surface area contributed by atoms with Crippen LogP contribution in [0.5, 0.6) is 0 Å². The van der Waals surface area contributed by atoms with Crippen molar-refractivity contribution >= 4 is 21.9 Å². The molecular formula is C11H14BrNO2. The Labute approximate surface area is 97.6 Å². The second-order valence-corrected chi connectivity index (χ2v) is 4.25. The summed E-state index contributed by atoms with van der Waals surface area (Å²) < 4.78 is 0.913. The summed E-state index contributed by atoms with van der Waals surface area (Å²) in [6.07, 6.45) is 0.599. The number of hydrogen-bond donors (Lipinski definition) is 2. The number of carboxylic acids is 1. The highest BCUT2D eigenvalue weighted by atomic mass is 79.9. The molecule has 1 aromatic carbocycles. The van der Waals surface area contributed by atoms with Gasteiger partial charge in [0.25, 0.3) is 0 Å². The van der Waals surface area contributed by atoms with Crippen LogP contribution in [0.1, 0.15) is 17.9 Å². The third kappa shape index (κ3) is 3.64. The molecule has 3 nitrogen and oxygen atoms in total. The van der Waals surface area contributed by atoms with Gasteiger partial charge in [0, 0.05) is 4.47 Å². The molecule has 15 heavy (non-hydrogen) atoms. The van der Waals surface area contributed by atoms with Gasteiger partial charge in [0.15, 0.2) is 0 Å². The monoisotopic (exact) mass is 271 g/mol. The van der Waals surface area contributed by atoms with E-state index in [4.69, 9.17) is 5.11 Å². The van der Waals surface area contributed by atoms with Crippen LogP contribution in [0.4, 0.5) is 0 Å². The molecule has 82 valence electrons. The zero-order valence-electron chi connectivity index (χ0n) is 8.53. The number of hydrogen-bond acceptors (Lipinski definition) is 2. The number of nitrogens with one attached hydrogen (secondary N) is 1. The molecule has 1 atom stereocenters. The van der Waals surface area contributed by atoms with Gasteiger partial charge < -0.3 is 10.4 Å². The van der Waals surface area contributed by atoms with Crippen molar-refractivity contribution in [2.24, 2.45) is 0 Å². The van der Waals surface area contributed by atoms with Gasteiger partial charge in [-0.1, -0.05) is 28.1 Å². The largest absolute Gasteiger partial charge is 0.481 e. The van der Waals surface area contributed by atoms with E-state index in [0.29, 0.717) is 13.0 Å². The van der Waals surface area contributed by atoms with E-state index in [2.05, 4.69) is 21.2 Å². The zero-order valence-corrected chi connectivity index (χ0v) is 10.1. The van der Waals surface area contributed by atoms with Crippen molar-refractivity contribution < 1.29 is 9.90 Å². The van der Waals surface area contributed by atoms with E-state index >= 15 is 0 Å². The lowest BCUT2D eigenvalue weighted by molar-refractivity contribution is -0.138. The van der Waals surface area contributed by atoms with Crippen LogP contribution in [0.3, 0.4) is 0 Å². The van der Waals surface area contributed by atoms with Crippen LogP contribution in [0, 0.1) is 0 Å². The predicted molar refractivity (Wildman–Crippen MR) is 63.1 cm³/mol. The van der Waals surface area contributed by atoms with Crippen molar-refractivity contribution in [3.05, 3.63) is 34.3 Å². The van der Waals surface area contributed by atoms with Crippen molar-refractivity contribution in [2.45, 2.75) is 12.3 Å². The second kappa shape index (κ2) is 5.88. The highest BCUT2D eigenvalue weighted by Gasteiger charge is 2.18. The fourth-order valence-electron chi connectivity index (χ4n) is 1.44. The first kappa shape index (κ1) is 12.2. The van der Waals surface area contributed by atoms with Crippen molar-refractivity contribution in [1.29, 1.82) is 0 Å². The fraction of sp³-hybridized carbons (Fsp3) is 0.364. The molecule has 0 amide bonds. The van der Waals surface area contributed by atoms with Gasteiger partial charge in [-0.05, 0) is 37.7 Å². The minimum Gasteiger partial charge on any atom is -0.481 e. The quantitative estimate of drug-likeness (QED) is 0.864. The number of benzene rings is 1. The van der Waals surface area contributed by atoms with Gasteiger partial charge in [-0.25, -0.2) is 0 Å². The van der Waals surface area contributed by atoms with Gasteiger partial charge in [0.2, 0.25) is 0 Å². The molecule has 0 saturated carbocycles. The summed E-state index contributed by atoms with van der Waals surface area (Å²) in [7, 11) is 1.82. The molecule has 2 N–H and O–H groups in total. The Morgan fingerprint density at radius 1 is 1.60 bits per heavy atom. The van der Waals surface area contributed by atoms with Crippen LogP contribution in [0.25, 0.3) is 0 Å². The Kier molecular flexibility index (Phi) is 4.78. The lowest BCUT2D eigenvalue weighted by Crippen LogP contribution is -2.18. The minimum absolute atomic E-state index is 0.435. The maximum Gasteiger partial charge on any atom is 0.311 e. The lowest BCUT2D eigenvalue weighted by atomic mass is 9.96. The molecule has 1 unspecified atom stereocenters. The average molecular weight is 272 g/mol. The molecule has 0 heterocycles. The highest BCUT2D eigenvalue weighted by molar-refractivity contribution is 9.10. The maximum absolute atomic E-state index is 11.1. The van der Waals surface area contributed by atoms with E-state index in [9.17, 15) is 4.79 Å². The summed E-state index contributed by atoms with van der Waals surface area (Å²) in [5.74, 6) is -1.21. The minimum atomic E-state index is -0.775. The molecule has 1 aromatic rings. The Balaban J connectivity index is 2.84. The molecule has 0 aliphatic carbocycles. The molecule has 4 heteroatoms. The Morgan fingerprint density at radius 2 is 2.33 bits per heavy atom. The summed E-state index contributed by atoms with van der Waals surface area (Å²) in [6.45, 7) is 0.698. The lowest BCUT2D eigenvalue weighted by Gasteiger charge is -2.12. The van der Waals surface area contributed by atoms with Crippen LogP contribution >= 0.6 is 15.9 Å². The molecule has 0 bridgehead atoms. The normalized spacial score (nSPS) is 12.4. The standard InChI is InChI=1S/C11H14BrNO2/c1-13-6-5-10(11(14)15)8-3-2-4-9(12)7-8/h2-4,7,10,13H,5-6H2,1H3,(H,14,15). The molecule has 0 aliphatic rings. The van der Waals surface area contributed by atoms with E-state index in [0.717, 1.165) is 10.0 Å². The van der Waals surface area contributed by atoms with Gasteiger partial charge in [0.05, 0.1) is 5.92 Å².